The predicted octanol–water partition coefficient (Wildman–Crippen LogP) is 8.74. The van der Waals surface area contributed by atoms with Crippen LogP contribution in [0.4, 0.5) is 0 Å². The van der Waals surface area contributed by atoms with Gasteiger partial charge in [-0.05, 0) is 58.8 Å². The first kappa shape index (κ1) is 41.7. The Labute approximate surface area is 221 Å². The Kier molecular flexibility index (Phi) is 55.8. The largest absolute Gasteiger partial charge is 0.396 e. The minimum Gasteiger partial charge on any atom is -0.396 e. The molecule has 216 valence electrons. The summed E-state index contributed by atoms with van der Waals surface area (Å²) in [6.45, 7) is 11.0. The molecule has 0 aromatic rings. The molecule has 0 aliphatic heterocycles. The summed E-state index contributed by atoms with van der Waals surface area (Å²) in [5, 5.41) is 33.1. The fourth-order valence-corrected chi connectivity index (χ4v) is 3.06. The van der Waals surface area contributed by atoms with E-state index in [1.165, 1.54) is 103 Å². The van der Waals surface area contributed by atoms with Crippen LogP contribution in [0, 0.1) is 0 Å². The van der Waals surface area contributed by atoms with Crippen LogP contribution in [0.1, 0.15) is 163 Å². The van der Waals surface area contributed by atoms with Gasteiger partial charge in [0.2, 0.25) is 0 Å². The van der Waals surface area contributed by atoms with Gasteiger partial charge >= 0.3 is 0 Å². The summed E-state index contributed by atoms with van der Waals surface area (Å²) in [5.41, 5.74) is 0. The van der Waals surface area contributed by atoms with Crippen LogP contribution in [0.3, 0.4) is 0 Å². The van der Waals surface area contributed by atoms with Crippen LogP contribution < -0.4 is 0 Å². The Hall–Kier alpha value is -0.420. The van der Waals surface area contributed by atoms with Gasteiger partial charge in [-0.3, -0.25) is 0 Å². The van der Waals surface area contributed by atoms with Crippen molar-refractivity contribution in [2.75, 3.05) is 19.8 Å². The van der Waals surface area contributed by atoms with Gasteiger partial charge in [0, 0.05) is 25.9 Å². The third-order valence-electron chi connectivity index (χ3n) is 5.19. The monoisotopic (exact) mass is 505 g/mol. The van der Waals surface area contributed by atoms with Crippen molar-refractivity contribution in [1.29, 1.82) is 0 Å². The average molecular weight is 505 g/mol. The van der Waals surface area contributed by atoms with Gasteiger partial charge in [0.25, 0.3) is 0 Å². The Balaban J connectivity index is -0.000000243. The Bertz CT molecular complexity index is 310. The van der Waals surface area contributed by atoms with Crippen molar-refractivity contribution in [3.8, 4) is 0 Å². The molecule has 0 fully saturated rings. The molecule has 0 saturated heterocycles. The van der Waals surface area contributed by atoms with Crippen molar-refractivity contribution in [1.82, 2.24) is 0 Å². The summed E-state index contributed by atoms with van der Waals surface area (Å²) < 4.78 is 0. The lowest BCUT2D eigenvalue weighted by Gasteiger charge is -1.99. The molecule has 4 heteroatoms. The zero-order chi connectivity index (χ0) is 27.3. The zero-order valence-electron chi connectivity index (χ0n) is 24.8. The molecule has 0 rings (SSSR count). The SMILES string of the molecule is CC(C)O.CCCCCCCC/C=C\CCCCCCCCO.CCCCCCO.CCCCO. The third-order valence-corrected chi connectivity index (χ3v) is 5.19. The Morgan fingerprint density at radius 3 is 0.971 bits per heavy atom. The average Bonchev–Trinajstić information content (AvgIpc) is 2.83. The van der Waals surface area contributed by atoms with Crippen molar-refractivity contribution >= 4 is 0 Å². The van der Waals surface area contributed by atoms with E-state index < -0.39 is 0 Å². The molecule has 0 aromatic heterocycles. The van der Waals surface area contributed by atoms with E-state index in [-0.39, 0.29) is 6.10 Å². The number of aliphatic hydroxyl groups is 4. The number of hydrogen-bond donors (Lipinski definition) is 4. The summed E-state index contributed by atoms with van der Waals surface area (Å²) in [7, 11) is 0. The van der Waals surface area contributed by atoms with E-state index >= 15 is 0 Å². The van der Waals surface area contributed by atoms with Crippen molar-refractivity contribution in [3.63, 3.8) is 0 Å². The molecule has 0 radical (unpaired) electrons. The quantitative estimate of drug-likeness (QED) is 0.0930. The van der Waals surface area contributed by atoms with Gasteiger partial charge in [-0.1, -0.05) is 116 Å². The Morgan fingerprint density at radius 2 is 0.686 bits per heavy atom. The molecular weight excluding hydrogens is 436 g/mol. The maximum absolute atomic E-state index is 8.66. The minimum absolute atomic E-state index is 0.167. The molecule has 0 amide bonds. The number of allylic oxidation sites excluding steroid dienone is 2. The fraction of sp³-hybridized carbons (Fsp3) is 0.935. The number of rotatable bonds is 21. The molecule has 0 bridgehead atoms. The molecule has 4 nitrogen and oxygen atoms in total. The summed E-state index contributed by atoms with van der Waals surface area (Å²) in [6, 6.07) is 0. The van der Waals surface area contributed by atoms with Crippen molar-refractivity contribution in [3.05, 3.63) is 12.2 Å². The summed E-state index contributed by atoms with van der Waals surface area (Å²) in [6.07, 6.45) is 29.8. The second-order valence-electron chi connectivity index (χ2n) is 9.62. The molecule has 0 atom stereocenters. The number of hydrogen-bond acceptors (Lipinski definition) is 4. The maximum atomic E-state index is 8.66. The van der Waals surface area contributed by atoms with Crippen molar-refractivity contribution < 1.29 is 20.4 Å². The highest BCUT2D eigenvalue weighted by molar-refractivity contribution is 4.81. The van der Waals surface area contributed by atoms with E-state index in [1.807, 2.05) is 0 Å². The molecule has 0 unspecified atom stereocenters. The topological polar surface area (TPSA) is 80.9 Å². The number of aliphatic hydroxyl groups excluding tert-OH is 4. The van der Waals surface area contributed by atoms with Crippen LogP contribution in [-0.4, -0.2) is 46.4 Å². The van der Waals surface area contributed by atoms with Gasteiger partial charge in [-0.25, -0.2) is 0 Å². The van der Waals surface area contributed by atoms with Crippen LogP contribution in [0.15, 0.2) is 12.2 Å². The van der Waals surface area contributed by atoms with Gasteiger partial charge in [-0.2, -0.15) is 0 Å². The minimum atomic E-state index is -0.167. The molecule has 4 N–H and O–H groups in total. The third kappa shape index (κ3) is 71.9. The summed E-state index contributed by atoms with van der Waals surface area (Å²) in [5.74, 6) is 0. The van der Waals surface area contributed by atoms with Crippen LogP contribution in [0.25, 0.3) is 0 Å². The van der Waals surface area contributed by atoms with Crippen LogP contribution in [0.5, 0.6) is 0 Å². The highest BCUT2D eigenvalue weighted by Crippen LogP contribution is 2.09. The van der Waals surface area contributed by atoms with Gasteiger partial charge in [0.1, 0.15) is 0 Å². The van der Waals surface area contributed by atoms with E-state index in [0.717, 1.165) is 25.7 Å². The van der Waals surface area contributed by atoms with Gasteiger partial charge in [-0.15, -0.1) is 0 Å². The molecule has 0 saturated carbocycles. The van der Waals surface area contributed by atoms with Crippen molar-refractivity contribution in [2.45, 2.75) is 169 Å². The molecule has 0 spiro atoms. The highest BCUT2D eigenvalue weighted by atomic mass is 16.3. The molecule has 35 heavy (non-hydrogen) atoms. The van der Waals surface area contributed by atoms with Crippen LogP contribution >= 0.6 is 0 Å². The van der Waals surface area contributed by atoms with Crippen LogP contribution in [-0.2, 0) is 0 Å². The lowest BCUT2D eigenvalue weighted by Crippen LogP contribution is -1.85. The first-order valence-electron chi connectivity index (χ1n) is 15.1. The van der Waals surface area contributed by atoms with E-state index in [2.05, 4.69) is 32.9 Å². The van der Waals surface area contributed by atoms with E-state index in [0.29, 0.717) is 19.8 Å². The molecular formula is C31H68O4. The normalized spacial score (nSPS) is 10.3. The summed E-state index contributed by atoms with van der Waals surface area (Å²) >= 11 is 0. The van der Waals surface area contributed by atoms with Gasteiger partial charge in [0.15, 0.2) is 0 Å². The Morgan fingerprint density at radius 1 is 0.429 bits per heavy atom. The summed E-state index contributed by atoms with van der Waals surface area (Å²) in [4.78, 5) is 0. The predicted molar refractivity (Wildman–Crippen MR) is 157 cm³/mol. The van der Waals surface area contributed by atoms with Gasteiger partial charge in [0.05, 0.1) is 0 Å². The number of unbranched alkanes of at least 4 members (excludes halogenated alkanes) is 16. The fourth-order valence-electron chi connectivity index (χ4n) is 3.06. The van der Waals surface area contributed by atoms with Crippen molar-refractivity contribution in [2.24, 2.45) is 0 Å². The molecule has 0 heterocycles. The van der Waals surface area contributed by atoms with E-state index in [9.17, 15) is 0 Å². The first-order chi connectivity index (χ1) is 17.0. The molecule has 0 aliphatic rings. The van der Waals surface area contributed by atoms with Crippen LogP contribution in [0.2, 0.25) is 0 Å². The van der Waals surface area contributed by atoms with Gasteiger partial charge < -0.3 is 20.4 Å². The zero-order valence-corrected chi connectivity index (χ0v) is 24.8. The highest BCUT2D eigenvalue weighted by Gasteiger charge is 1.90. The van der Waals surface area contributed by atoms with E-state index in [4.69, 9.17) is 20.4 Å². The second kappa shape index (κ2) is 46.9. The maximum Gasteiger partial charge on any atom is 0.0483 e. The lowest BCUT2D eigenvalue weighted by atomic mass is 10.1. The standard InChI is InChI=1S/C18H36O.C6H14O.C4H10O.C3H8O/c1-2-3-4-5-6-7-8-9-10-11-12-13-14-15-16-17-18-19;1-2-3-4-5-6-7;1-2-3-4-5;1-3(2)4/h9-10,19H,2-8,11-18H2,1H3;7H,2-6H2,1H3;5H,2-4H2,1H3;3-4H,1-2H3/b10-9-;;;. The van der Waals surface area contributed by atoms with E-state index in [1.54, 1.807) is 13.8 Å². The first-order valence-corrected chi connectivity index (χ1v) is 15.1. The lowest BCUT2D eigenvalue weighted by molar-refractivity contribution is 0.216. The molecule has 0 aliphatic carbocycles. The second-order valence-corrected chi connectivity index (χ2v) is 9.62. The molecule has 0 aromatic carbocycles. The smallest absolute Gasteiger partial charge is 0.0483 e.